The summed E-state index contributed by atoms with van der Waals surface area (Å²) >= 11 is 0. The average molecular weight is 338 g/mol. The van der Waals surface area contributed by atoms with Crippen molar-refractivity contribution in [3.63, 3.8) is 0 Å². The SMILES string of the molecule is CC(C)C.COC(C)C.O=CCNC(=O)CCCc1ccccc1. The van der Waals surface area contributed by atoms with E-state index >= 15 is 0 Å². The van der Waals surface area contributed by atoms with Gasteiger partial charge in [0, 0.05) is 13.5 Å². The van der Waals surface area contributed by atoms with Crippen LogP contribution >= 0.6 is 0 Å². The fraction of sp³-hybridized carbons (Fsp3) is 0.600. The molecule has 0 unspecified atom stereocenters. The van der Waals surface area contributed by atoms with Crippen LogP contribution in [0.1, 0.15) is 53.0 Å². The monoisotopic (exact) mass is 337 g/mol. The van der Waals surface area contributed by atoms with Gasteiger partial charge in [-0.15, -0.1) is 0 Å². The third kappa shape index (κ3) is 22.6. The van der Waals surface area contributed by atoms with Crippen molar-refractivity contribution in [3.8, 4) is 0 Å². The van der Waals surface area contributed by atoms with Crippen LogP contribution in [0.5, 0.6) is 0 Å². The Morgan fingerprint density at radius 2 is 1.62 bits per heavy atom. The van der Waals surface area contributed by atoms with Gasteiger partial charge in [0.2, 0.25) is 5.91 Å². The molecule has 0 spiro atoms. The van der Waals surface area contributed by atoms with Gasteiger partial charge in [-0.25, -0.2) is 0 Å². The Bertz CT molecular complexity index is 400. The molecule has 0 fully saturated rings. The maximum absolute atomic E-state index is 11.1. The van der Waals surface area contributed by atoms with Crippen molar-refractivity contribution in [2.75, 3.05) is 13.7 Å². The number of aryl methyl sites for hydroxylation is 1. The van der Waals surface area contributed by atoms with Crippen LogP contribution in [0.15, 0.2) is 30.3 Å². The quantitative estimate of drug-likeness (QED) is 0.764. The number of nitrogens with one attached hydrogen (secondary N) is 1. The van der Waals surface area contributed by atoms with Crippen LogP contribution in [0.3, 0.4) is 0 Å². The number of carbonyl (C=O) groups is 2. The van der Waals surface area contributed by atoms with Crippen molar-refractivity contribution < 1.29 is 14.3 Å². The van der Waals surface area contributed by atoms with E-state index in [4.69, 9.17) is 4.74 Å². The lowest BCUT2D eigenvalue weighted by Gasteiger charge is -2.01. The Morgan fingerprint density at radius 3 is 2.04 bits per heavy atom. The maximum atomic E-state index is 11.1. The fourth-order valence-electron chi connectivity index (χ4n) is 1.34. The van der Waals surface area contributed by atoms with Gasteiger partial charge in [0.1, 0.15) is 6.29 Å². The average Bonchev–Trinajstić information content (AvgIpc) is 2.54. The highest BCUT2D eigenvalue weighted by Gasteiger charge is 1.99. The minimum Gasteiger partial charge on any atom is -0.382 e. The largest absolute Gasteiger partial charge is 0.382 e. The Labute approximate surface area is 148 Å². The number of benzene rings is 1. The summed E-state index contributed by atoms with van der Waals surface area (Å²) in [7, 11) is 1.70. The Morgan fingerprint density at radius 1 is 1.12 bits per heavy atom. The normalized spacial score (nSPS) is 9.50. The van der Waals surface area contributed by atoms with Crippen LogP contribution in [0.2, 0.25) is 0 Å². The Hall–Kier alpha value is -1.68. The standard InChI is InChI=1S/C12H15NO2.C4H10O.C4H10/c14-10-9-13-12(15)8-4-7-11-5-2-1-3-6-11;1-4(2)5-3;1-4(2)3/h1-3,5-6,10H,4,7-9H2,(H,13,15);4H,1-3H3;4H,1-3H3. The topological polar surface area (TPSA) is 55.4 Å². The summed E-state index contributed by atoms with van der Waals surface area (Å²) in [5.41, 5.74) is 1.24. The van der Waals surface area contributed by atoms with Gasteiger partial charge in [-0.2, -0.15) is 0 Å². The maximum Gasteiger partial charge on any atom is 0.220 e. The van der Waals surface area contributed by atoms with Crippen LogP contribution in [0, 0.1) is 5.92 Å². The van der Waals surface area contributed by atoms with E-state index in [1.807, 2.05) is 44.2 Å². The Balaban J connectivity index is 0. The molecule has 1 rings (SSSR count). The zero-order valence-electron chi connectivity index (χ0n) is 16.2. The third-order valence-corrected chi connectivity index (χ3v) is 2.57. The summed E-state index contributed by atoms with van der Waals surface area (Å²) in [5.74, 6) is 0.776. The number of carbonyl (C=O) groups excluding carboxylic acids is 2. The molecule has 0 aliphatic rings. The predicted octanol–water partition coefficient (Wildman–Crippen LogP) is 4.03. The molecule has 0 atom stereocenters. The summed E-state index contributed by atoms with van der Waals surface area (Å²) in [4.78, 5) is 21.1. The zero-order chi connectivity index (χ0) is 18.8. The number of hydrogen-bond acceptors (Lipinski definition) is 3. The van der Waals surface area contributed by atoms with Gasteiger partial charge in [-0.05, 0) is 38.2 Å². The lowest BCUT2D eigenvalue weighted by atomic mass is 10.1. The van der Waals surface area contributed by atoms with Gasteiger partial charge < -0.3 is 14.8 Å². The van der Waals surface area contributed by atoms with E-state index in [2.05, 4.69) is 26.1 Å². The van der Waals surface area contributed by atoms with E-state index in [1.165, 1.54) is 5.56 Å². The number of ether oxygens (including phenoxy) is 1. The van der Waals surface area contributed by atoms with Crippen LogP contribution in [-0.2, 0) is 20.7 Å². The molecule has 1 aromatic carbocycles. The highest BCUT2D eigenvalue weighted by atomic mass is 16.5. The lowest BCUT2D eigenvalue weighted by molar-refractivity contribution is -0.122. The summed E-state index contributed by atoms with van der Waals surface area (Å²) in [6.07, 6.45) is 3.26. The smallest absolute Gasteiger partial charge is 0.220 e. The van der Waals surface area contributed by atoms with Crippen molar-refractivity contribution in [2.24, 2.45) is 5.92 Å². The van der Waals surface area contributed by atoms with E-state index < -0.39 is 0 Å². The van der Waals surface area contributed by atoms with Gasteiger partial charge in [0.15, 0.2) is 0 Å². The van der Waals surface area contributed by atoms with E-state index in [1.54, 1.807) is 7.11 Å². The summed E-state index contributed by atoms with van der Waals surface area (Å²) < 4.78 is 4.75. The molecule has 1 aromatic rings. The van der Waals surface area contributed by atoms with Crippen LogP contribution in [0.4, 0.5) is 0 Å². The lowest BCUT2D eigenvalue weighted by Crippen LogP contribution is -2.24. The minimum atomic E-state index is -0.0574. The molecule has 0 saturated heterocycles. The highest BCUT2D eigenvalue weighted by Crippen LogP contribution is 2.03. The molecule has 1 N–H and O–H groups in total. The fourth-order valence-corrected chi connectivity index (χ4v) is 1.34. The van der Waals surface area contributed by atoms with E-state index in [9.17, 15) is 9.59 Å². The molecular weight excluding hydrogens is 302 g/mol. The highest BCUT2D eigenvalue weighted by molar-refractivity contribution is 5.78. The van der Waals surface area contributed by atoms with Crippen LogP contribution < -0.4 is 5.32 Å². The van der Waals surface area contributed by atoms with Gasteiger partial charge in [0.05, 0.1) is 12.6 Å². The van der Waals surface area contributed by atoms with Gasteiger partial charge in [0.25, 0.3) is 0 Å². The van der Waals surface area contributed by atoms with Crippen molar-refractivity contribution in [1.82, 2.24) is 5.32 Å². The van der Waals surface area contributed by atoms with E-state index in [0.717, 1.165) is 18.8 Å². The molecule has 4 nitrogen and oxygen atoms in total. The first-order valence-corrected chi connectivity index (χ1v) is 8.60. The minimum absolute atomic E-state index is 0.0574. The molecule has 0 radical (unpaired) electrons. The van der Waals surface area contributed by atoms with Crippen LogP contribution in [-0.4, -0.2) is 32.0 Å². The molecule has 138 valence electrons. The number of hydrogen-bond donors (Lipinski definition) is 1. The second-order valence-electron chi connectivity index (χ2n) is 6.33. The summed E-state index contributed by atoms with van der Waals surface area (Å²) in [6.45, 7) is 10.6. The molecule has 24 heavy (non-hydrogen) atoms. The molecule has 0 aromatic heterocycles. The summed E-state index contributed by atoms with van der Waals surface area (Å²) in [5, 5.41) is 2.51. The van der Waals surface area contributed by atoms with E-state index in [0.29, 0.717) is 18.8 Å². The number of amides is 1. The second-order valence-corrected chi connectivity index (χ2v) is 6.33. The van der Waals surface area contributed by atoms with E-state index in [-0.39, 0.29) is 12.5 Å². The number of rotatable bonds is 7. The third-order valence-electron chi connectivity index (χ3n) is 2.57. The molecule has 0 aliphatic carbocycles. The van der Waals surface area contributed by atoms with Crippen LogP contribution in [0.25, 0.3) is 0 Å². The van der Waals surface area contributed by atoms with Crippen molar-refractivity contribution >= 4 is 12.2 Å². The van der Waals surface area contributed by atoms with Gasteiger partial charge in [-0.3, -0.25) is 4.79 Å². The molecule has 0 heterocycles. The molecule has 0 aliphatic heterocycles. The molecule has 0 saturated carbocycles. The first-order chi connectivity index (χ1) is 11.3. The molecule has 0 bridgehead atoms. The predicted molar refractivity (Wildman–Crippen MR) is 101 cm³/mol. The number of aldehydes is 1. The van der Waals surface area contributed by atoms with Gasteiger partial charge >= 0.3 is 0 Å². The zero-order valence-corrected chi connectivity index (χ0v) is 16.2. The molecular formula is C20H35NO3. The molecule has 4 heteroatoms. The van der Waals surface area contributed by atoms with Crippen molar-refractivity contribution in [3.05, 3.63) is 35.9 Å². The first kappa shape index (κ1) is 24.6. The Kier molecular flexibility index (Phi) is 18.1. The first-order valence-electron chi connectivity index (χ1n) is 8.60. The second kappa shape index (κ2) is 17.7. The van der Waals surface area contributed by atoms with Crippen molar-refractivity contribution in [1.29, 1.82) is 0 Å². The summed E-state index contributed by atoms with van der Waals surface area (Å²) in [6, 6.07) is 10.0. The number of methoxy groups -OCH3 is 1. The van der Waals surface area contributed by atoms with Gasteiger partial charge in [-0.1, -0.05) is 51.1 Å². The molecule has 1 amide bonds. The van der Waals surface area contributed by atoms with Crippen molar-refractivity contribution in [2.45, 2.75) is 60.0 Å².